The predicted octanol–water partition coefficient (Wildman–Crippen LogP) is 3.74. The van der Waals surface area contributed by atoms with Gasteiger partial charge in [-0.3, -0.25) is 0 Å². The van der Waals surface area contributed by atoms with Crippen LogP contribution in [0.4, 0.5) is 0 Å². The Morgan fingerprint density at radius 2 is 2.19 bits per heavy atom. The zero-order valence-corrected chi connectivity index (χ0v) is 11.5. The van der Waals surface area contributed by atoms with Crippen molar-refractivity contribution in [2.45, 2.75) is 13.3 Å². The highest BCUT2D eigenvalue weighted by atomic mass is 79.9. The Balaban J connectivity index is 2.34. The van der Waals surface area contributed by atoms with Gasteiger partial charge in [0.2, 0.25) is 0 Å². The quantitative estimate of drug-likeness (QED) is 0.826. The summed E-state index contributed by atoms with van der Waals surface area (Å²) < 4.78 is 3.00. The normalized spacial score (nSPS) is 10.8. The van der Waals surface area contributed by atoms with E-state index < -0.39 is 0 Å². The second-order valence-electron chi connectivity index (χ2n) is 3.76. The Labute approximate surface area is 108 Å². The molecule has 0 unspecified atom stereocenters. The lowest BCUT2D eigenvalue weighted by molar-refractivity contribution is 0.805. The summed E-state index contributed by atoms with van der Waals surface area (Å²) in [5.74, 6) is 1.00. The van der Waals surface area contributed by atoms with Gasteiger partial charge in [-0.05, 0) is 40.5 Å². The SMILES string of the molecule is Cc1nc(Br)c(Cc2cccc(Cl)c2)n1C. The second-order valence-corrected chi connectivity index (χ2v) is 4.95. The van der Waals surface area contributed by atoms with Crippen LogP contribution in [-0.4, -0.2) is 9.55 Å². The molecule has 0 radical (unpaired) electrons. The molecule has 0 fully saturated rings. The number of halogens is 2. The molecule has 2 nitrogen and oxygen atoms in total. The lowest BCUT2D eigenvalue weighted by Crippen LogP contribution is -1.99. The molecular formula is C12H12BrClN2. The molecule has 0 aliphatic rings. The zero-order valence-electron chi connectivity index (χ0n) is 9.17. The summed E-state index contributed by atoms with van der Waals surface area (Å²) in [4.78, 5) is 4.38. The van der Waals surface area contributed by atoms with Crippen LogP contribution in [0.1, 0.15) is 17.1 Å². The van der Waals surface area contributed by atoms with Crippen molar-refractivity contribution in [2.24, 2.45) is 7.05 Å². The number of rotatable bonds is 2. The number of nitrogens with zero attached hydrogens (tertiary/aromatic N) is 2. The number of aromatic nitrogens is 2. The molecule has 0 amide bonds. The summed E-state index contributed by atoms with van der Waals surface area (Å²) >= 11 is 9.44. The largest absolute Gasteiger partial charge is 0.334 e. The average Bonchev–Trinajstić information content (AvgIpc) is 2.45. The number of hydrogen-bond acceptors (Lipinski definition) is 1. The van der Waals surface area contributed by atoms with Crippen molar-refractivity contribution in [3.63, 3.8) is 0 Å². The first-order valence-electron chi connectivity index (χ1n) is 5.00. The van der Waals surface area contributed by atoms with E-state index in [1.54, 1.807) is 0 Å². The first kappa shape index (κ1) is 11.7. The van der Waals surface area contributed by atoms with E-state index in [-0.39, 0.29) is 0 Å². The Bertz CT molecular complexity index is 520. The van der Waals surface area contributed by atoms with Crippen molar-refractivity contribution >= 4 is 27.5 Å². The van der Waals surface area contributed by atoms with Gasteiger partial charge < -0.3 is 4.57 Å². The Hall–Kier alpha value is -0.800. The average molecular weight is 300 g/mol. The van der Waals surface area contributed by atoms with Crippen molar-refractivity contribution in [3.8, 4) is 0 Å². The predicted molar refractivity (Wildman–Crippen MR) is 69.9 cm³/mol. The lowest BCUT2D eigenvalue weighted by atomic mass is 10.1. The molecule has 1 aromatic carbocycles. The molecule has 0 N–H and O–H groups in total. The molecule has 0 aliphatic carbocycles. The van der Waals surface area contributed by atoms with E-state index in [2.05, 4.69) is 31.5 Å². The van der Waals surface area contributed by atoms with Crippen LogP contribution in [0.25, 0.3) is 0 Å². The Morgan fingerprint density at radius 1 is 1.44 bits per heavy atom. The molecule has 0 bridgehead atoms. The van der Waals surface area contributed by atoms with Gasteiger partial charge in [0, 0.05) is 18.5 Å². The van der Waals surface area contributed by atoms with Crippen LogP contribution >= 0.6 is 27.5 Å². The summed E-state index contributed by atoms with van der Waals surface area (Å²) in [6, 6.07) is 7.90. The minimum atomic E-state index is 0.771. The maximum Gasteiger partial charge on any atom is 0.127 e. The van der Waals surface area contributed by atoms with Crippen LogP contribution in [0.2, 0.25) is 5.02 Å². The maximum atomic E-state index is 5.96. The molecule has 0 spiro atoms. The van der Waals surface area contributed by atoms with E-state index in [4.69, 9.17) is 11.6 Å². The molecule has 1 heterocycles. The number of aryl methyl sites for hydroxylation is 1. The van der Waals surface area contributed by atoms with Crippen LogP contribution < -0.4 is 0 Å². The zero-order chi connectivity index (χ0) is 11.7. The van der Waals surface area contributed by atoms with Crippen molar-refractivity contribution in [2.75, 3.05) is 0 Å². The molecule has 0 aliphatic heterocycles. The van der Waals surface area contributed by atoms with E-state index in [1.165, 1.54) is 11.3 Å². The number of benzene rings is 1. The molecule has 16 heavy (non-hydrogen) atoms. The number of imidazole rings is 1. The summed E-state index contributed by atoms with van der Waals surface area (Å²) in [6.07, 6.45) is 0.832. The molecule has 0 saturated heterocycles. The molecule has 2 rings (SSSR count). The lowest BCUT2D eigenvalue weighted by Gasteiger charge is -2.05. The van der Waals surface area contributed by atoms with Crippen molar-refractivity contribution in [1.29, 1.82) is 0 Å². The van der Waals surface area contributed by atoms with E-state index >= 15 is 0 Å². The van der Waals surface area contributed by atoms with Gasteiger partial charge in [0.15, 0.2) is 0 Å². The third kappa shape index (κ3) is 2.30. The first-order valence-corrected chi connectivity index (χ1v) is 6.17. The van der Waals surface area contributed by atoms with Gasteiger partial charge in [0.1, 0.15) is 10.4 Å². The van der Waals surface area contributed by atoms with Crippen LogP contribution in [0.5, 0.6) is 0 Å². The Morgan fingerprint density at radius 3 is 2.75 bits per heavy atom. The fraction of sp³-hybridized carbons (Fsp3) is 0.250. The molecule has 84 valence electrons. The molecule has 0 saturated carbocycles. The number of hydrogen-bond donors (Lipinski definition) is 0. The van der Waals surface area contributed by atoms with E-state index in [9.17, 15) is 0 Å². The van der Waals surface area contributed by atoms with E-state index in [0.29, 0.717) is 0 Å². The first-order chi connectivity index (χ1) is 7.58. The summed E-state index contributed by atoms with van der Waals surface area (Å²) in [7, 11) is 2.02. The van der Waals surface area contributed by atoms with Crippen molar-refractivity contribution in [1.82, 2.24) is 9.55 Å². The standard InChI is InChI=1S/C12H12BrClN2/c1-8-15-12(13)11(16(8)2)7-9-4-3-5-10(14)6-9/h3-6H,7H2,1-2H3. The summed E-state index contributed by atoms with van der Waals surface area (Å²) in [5.41, 5.74) is 2.36. The summed E-state index contributed by atoms with van der Waals surface area (Å²) in [6.45, 7) is 1.99. The molecule has 0 atom stereocenters. The van der Waals surface area contributed by atoms with Crippen LogP contribution in [0, 0.1) is 6.92 Å². The summed E-state index contributed by atoms with van der Waals surface area (Å²) in [5, 5.41) is 0.771. The molecule has 4 heteroatoms. The van der Waals surface area contributed by atoms with Crippen LogP contribution in [-0.2, 0) is 13.5 Å². The van der Waals surface area contributed by atoms with Gasteiger partial charge in [-0.15, -0.1) is 0 Å². The fourth-order valence-corrected chi connectivity index (χ4v) is 2.52. The van der Waals surface area contributed by atoms with Crippen LogP contribution in [0.3, 0.4) is 0 Å². The smallest absolute Gasteiger partial charge is 0.127 e. The highest BCUT2D eigenvalue weighted by Gasteiger charge is 2.10. The Kier molecular flexibility index (Phi) is 3.36. The monoisotopic (exact) mass is 298 g/mol. The third-order valence-electron chi connectivity index (χ3n) is 2.65. The second kappa shape index (κ2) is 4.60. The van der Waals surface area contributed by atoms with E-state index in [0.717, 1.165) is 21.9 Å². The van der Waals surface area contributed by atoms with Gasteiger partial charge in [-0.25, -0.2) is 4.98 Å². The van der Waals surface area contributed by atoms with Gasteiger partial charge in [0.05, 0.1) is 5.69 Å². The van der Waals surface area contributed by atoms with Gasteiger partial charge in [0.25, 0.3) is 0 Å². The van der Waals surface area contributed by atoms with Gasteiger partial charge >= 0.3 is 0 Å². The topological polar surface area (TPSA) is 17.8 Å². The van der Waals surface area contributed by atoms with E-state index in [1.807, 2.05) is 32.2 Å². The van der Waals surface area contributed by atoms with Crippen molar-refractivity contribution in [3.05, 3.63) is 51.0 Å². The van der Waals surface area contributed by atoms with Gasteiger partial charge in [-0.1, -0.05) is 23.7 Å². The molecule has 2 aromatic rings. The minimum Gasteiger partial charge on any atom is -0.334 e. The fourth-order valence-electron chi connectivity index (χ4n) is 1.65. The van der Waals surface area contributed by atoms with Crippen molar-refractivity contribution < 1.29 is 0 Å². The van der Waals surface area contributed by atoms with Gasteiger partial charge in [-0.2, -0.15) is 0 Å². The third-order valence-corrected chi connectivity index (χ3v) is 3.52. The minimum absolute atomic E-state index is 0.771. The highest BCUT2D eigenvalue weighted by Crippen LogP contribution is 2.21. The molecule has 1 aromatic heterocycles. The maximum absolute atomic E-state index is 5.96. The molecular weight excluding hydrogens is 288 g/mol. The van der Waals surface area contributed by atoms with Crippen LogP contribution in [0.15, 0.2) is 28.9 Å². The highest BCUT2D eigenvalue weighted by molar-refractivity contribution is 9.10.